The summed E-state index contributed by atoms with van der Waals surface area (Å²) >= 11 is 0. The van der Waals surface area contributed by atoms with E-state index in [2.05, 4.69) is 9.71 Å². The van der Waals surface area contributed by atoms with Gasteiger partial charge in [-0.1, -0.05) is 0 Å². The third kappa shape index (κ3) is 3.80. The number of hydrogen-bond acceptors (Lipinski definition) is 4. The van der Waals surface area contributed by atoms with Crippen molar-refractivity contribution in [3.8, 4) is 0 Å². The molecule has 24 heavy (non-hydrogen) atoms. The highest BCUT2D eigenvalue weighted by Gasteiger charge is 2.38. The summed E-state index contributed by atoms with van der Waals surface area (Å²) in [6.45, 7) is 0.653. The number of hydrogen-bond donors (Lipinski definition) is 1. The second-order valence-electron chi connectivity index (χ2n) is 6.15. The molecule has 3 rings (SSSR count). The van der Waals surface area contributed by atoms with Crippen molar-refractivity contribution in [3.05, 3.63) is 23.6 Å². The van der Waals surface area contributed by atoms with Gasteiger partial charge < -0.3 is 4.90 Å². The maximum atomic E-state index is 13.9. The van der Waals surface area contributed by atoms with Crippen LogP contribution >= 0.6 is 0 Å². The van der Waals surface area contributed by atoms with Crippen LogP contribution in [0.3, 0.4) is 0 Å². The smallest absolute Gasteiger partial charge is 0.354 e. The van der Waals surface area contributed by atoms with Crippen LogP contribution in [0.4, 0.5) is 23.4 Å². The molecule has 2 fully saturated rings. The van der Waals surface area contributed by atoms with Gasteiger partial charge in [0.15, 0.2) is 11.6 Å². The molecule has 0 atom stereocenters. The van der Waals surface area contributed by atoms with Crippen molar-refractivity contribution in [2.75, 3.05) is 18.0 Å². The summed E-state index contributed by atoms with van der Waals surface area (Å²) in [7, 11) is -3.28. The van der Waals surface area contributed by atoms with E-state index in [0.717, 1.165) is 0 Å². The second kappa shape index (κ2) is 6.14. The molecule has 5 nitrogen and oxygen atoms in total. The molecule has 1 aromatic rings. The first-order valence-electron chi connectivity index (χ1n) is 7.65. The van der Waals surface area contributed by atoms with Crippen LogP contribution < -0.4 is 9.62 Å². The Morgan fingerprint density at radius 3 is 2.29 bits per heavy atom. The fraction of sp³-hybridized carbons (Fsp3) is 0.643. The van der Waals surface area contributed by atoms with Gasteiger partial charge in [0.1, 0.15) is 0 Å². The van der Waals surface area contributed by atoms with Gasteiger partial charge in [-0.2, -0.15) is 13.2 Å². The van der Waals surface area contributed by atoms with Crippen LogP contribution in [0.1, 0.15) is 31.2 Å². The van der Waals surface area contributed by atoms with Gasteiger partial charge in [0.05, 0.1) is 10.8 Å². The topological polar surface area (TPSA) is 62.3 Å². The SMILES string of the molecule is O=S(=O)(NC1CCN(c2ncc(C(F)(F)F)cc2F)CC1)C1CC1. The summed E-state index contributed by atoms with van der Waals surface area (Å²) < 4.78 is 78.0. The molecule has 2 heterocycles. The first kappa shape index (κ1) is 17.4. The summed E-state index contributed by atoms with van der Waals surface area (Å²) in [5.74, 6) is -1.16. The van der Waals surface area contributed by atoms with E-state index in [1.54, 1.807) is 0 Å². The lowest BCUT2D eigenvalue weighted by atomic mass is 10.1. The predicted molar refractivity (Wildman–Crippen MR) is 79.5 cm³/mol. The first-order chi connectivity index (χ1) is 11.2. The molecule has 2 aliphatic rings. The van der Waals surface area contributed by atoms with Crippen molar-refractivity contribution in [1.82, 2.24) is 9.71 Å². The van der Waals surface area contributed by atoms with E-state index in [0.29, 0.717) is 51.0 Å². The van der Waals surface area contributed by atoms with E-state index in [9.17, 15) is 26.0 Å². The highest BCUT2D eigenvalue weighted by atomic mass is 32.2. The number of rotatable bonds is 4. The Kier molecular flexibility index (Phi) is 4.45. The van der Waals surface area contributed by atoms with Crippen molar-refractivity contribution >= 4 is 15.8 Å². The van der Waals surface area contributed by atoms with E-state index in [1.165, 1.54) is 4.90 Å². The Bertz CT molecular complexity index is 711. The summed E-state index contributed by atoms with van der Waals surface area (Å²) in [6, 6.07) is 0.203. The molecule has 0 bridgehead atoms. The summed E-state index contributed by atoms with van der Waals surface area (Å²) in [4.78, 5) is 5.14. The summed E-state index contributed by atoms with van der Waals surface area (Å²) in [6.07, 6.45) is -1.77. The first-order valence-corrected chi connectivity index (χ1v) is 9.20. The zero-order valence-corrected chi connectivity index (χ0v) is 13.5. The number of anilines is 1. The van der Waals surface area contributed by atoms with Gasteiger partial charge in [0.25, 0.3) is 0 Å². The lowest BCUT2D eigenvalue weighted by Crippen LogP contribution is -2.46. The zero-order valence-electron chi connectivity index (χ0n) is 12.7. The molecule has 10 heteroatoms. The average Bonchev–Trinajstić information content (AvgIpc) is 3.32. The van der Waals surface area contributed by atoms with Crippen LogP contribution in [-0.2, 0) is 16.2 Å². The lowest BCUT2D eigenvalue weighted by molar-refractivity contribution is -0.138. The van der Waals surface area contributed by atoms with Crippen LogP contribution in [0, 0.1) is 5.82 Å². The molecular formula is C14H17F4N3O2S. The number of piperidine rings is 1. The minimum Gasteiger partial charge on any atom is -0.354 e. The van der Waals surface area contributed by atoms with Gasteiger partial charge in [0.2, 0.25) is 10.0 Å². The van der Waals surface area contributed by atoms with Gasteiger partial charge in [-0.3, -0.25) is 0 Å². The Morgan fingerprint density at radius 1 is 1.17 bits per heavy atom. The third-order valence-electron chi connectivity index (χ3n) is 4.24. The summed E-state index contributed by atoms with van der Waals surface area (Å²) in [5, 5.41) is -0.301. The predicted octanol–water partition coefficient (Wildman–Crippen LogP) is 2.29. The van der Waals surface area contributed by atoms with E-state index < -0.39 is 27.6 Å². The monoisotopic (exact) mass is 367 g/mol. The van der Waals surface area contributed by atoms with Crippen LogP contribution in [0.15, 0.2) is 12.3 Å². The molecule has 1 saturated carbocycles. The number of sulfonamides is 1. The molecular weight excluding hydrogens is 350 g/mol. The van der Waals surface area contributed by atoms with Crippen LogP contribution in [0.5, 0.6) is 0 Å². The van der Waals surface area contributed by atoms with E-state index in [4.69, 9.17) is 0 Å². The minimum absolute atomic E-state index is 0.133. The van der Waals surface area contributed by atoms with E-state index >= 15 is 0 Å². The number of alkyl halides is 3. The van der Waals surface area contributed by atoms with Crippen LogP contribution in [0.25, 0.3) is 0 Å². The highest BCUT2D eigenvalue weighted by molar-refractivity contribution is 7.90. The fourth-order valence-electron chi connectivity index (χ4n) is 2.73. The molecule has 1 aliphatic carbocycles. The minimum atomic E-state index is -4.64. The lowest BCUT2D eigenvalue weighted by Gasteiger charge is -2.33. The van der Waals surface area contributed by atoms with Gasteiger partial charge in [-0.15, -0.1) is 0 Å². The molecule has 0 spiro atoms. The average molecular weight is 367 g/mol. The Balaban J connectivity index is 1.62. The van der Waals surface area contributed by atoms with Crippen molar-refractivity contribution in [1.29, 1.82) is 0 Å². The standard InChI is InChI=1S/C14H17F4N3O2S/c15-12-7-9(14(16,17)18)8-19-13(12)21-5-3-10(4-6-21)20-24(22,23)11-1-2-11/h7-8,10-11,20H,1-6H2. The van der Waals surface area contributed by atoms with Crippen molar-refractivity contribution in [2.45, 2.75) is 43.2 Å². The Morgan fingerprint density at radius 2 is 1.79 bits per heavy atom. The van der Waals surface area contributed by atoms with Gasteiger partial charge in [-0.25, -0.2) is 22.5 Å². The van der Waals surface area contributed by atoms with Gasteiger partial charge >= 0.3 is 6.18 Å². The molecule has 1 saturated heterocycles. The van der Waals surface area contributed by atoms with Crippen LogP contribution in [0.2, 0.25) is 0 Å². The quantitative estimate of drug-likeness (QED) is 0.830. The van der Waals surface area contributed by atoms with Gasteiger partial charge in [0, 0.05) is 25.3 Å². The molecule has 0 aromatic carbocycles. The highest BCUT2D eigenvalue weighted by Crippen LogP contribution is 2.32. The fourth-order valence-corrected chi connectivity index (χ4v) is 4.38. The Labute approximate surface area is 137 Å². The maximum Gasteiger partial charge on any atom is 0.417 e. The van der Waals surface area contributed by atoms with Crippen LogP contribution in [-0.4, -0.2) is 37.8 Å². The Hall–Kier alpha value is -1.42. The van der Waals surface area contributed by atoms with E-state index in [1.807, 2.05) is 0 Å². The van der Waals surface area contributed by atoms with Crippen molar-refractivity contribution < 1.29 is 26.0 Å². The second-order valence-corrected chi connectivity index (χ2v) is 8.14. The molecule has 0 radical (unpaired) electrons. The number of nitrogens with zero attached hydrogens (tertiary/aromatic N) is 2. The number of pyridine rings is 1. The van der Waals surface area contributed by atoms with E-state index in [-0.39, 0.29) is 17.1 Å². The number of nitrogens with one attached hydrogen (secondary N) is 1. The molecule has 1 N–H and O–H groups in total. The van der Waals surface area contributed by atoms with Crippen molar-refractivity contribution in [3.63, 3.8) is 0 Å². The molecule has 0 unspecified atom stereocenters. The molecule has 1 aromatic heterocycles. The van der Waals surface area contributed by atoms with Crippen molar-refractivity contribution in [2.24, 2.45) is 0 Å². The molecule has 1 aliphatic heterocycles. The maximum absolute atomic E-state index is 13.9. The summed E-state index contributed by atoms with van der Waals surface area (Å²) in [5.41, 5.74) is -1.13. The zero-order chi connectivity index (χ0) is 17.5. The largest absolute Gasteiger partial charge is 0.417 e. The molecule has 0 amide bonds. The normalized spacial score (nSPS) is 20.4. The number of aromatic nitrogens is 1. The van der Waals surface area contributed by atoms with Gasteiger partial charge in [-0.05, 0) is 31.7 Å². The molecule has 134 valence electrons. The number of halogens is 4. The third-order valence-corrected chi connectivity index (χ3v) is 6.25.